The fourth-order valence-corrected chi connectivity index (χ4v) is 3.09. The Labute approximate surface area is 128 Å². The highest BCUT2D eigenvalue weighted by atomic mass is 16.1. The highest BCUT2D eigenvalue weighted by molar-refractivity contribution is 5.75. The second-order valence-electron chi connectivity index (χ2n) is 5.93. The monoisotopic (exact) mass is 291 g/mol. The molecule has 1 amide bonds. The maximum Gasteiger partial charge on any atom is 0.221 e. The first kappa shape index (κ1) is 16.1. The van der Waals surface area contributed by atoms with E-state index in [0.29, 0.717) is 19.0 Å². The molecule has 4 nitrogen and oxygen atoms in total. The first-order valence-corrected chi connectivity index (χ1v) is 8.43. The van der Waals surface area contributed by atoms with Crippen LogP contribution in [0, 0.1) is 0 Å². The van der Waals surface area contributed by atoms with Gasteiger partial charge in [-0.05, 0) is 50.3 Å². The first-order chi connectivity index (χ1) is 10.2. The van der Waals surface area contributed by atoms with Gasteiger partial charge >= 0.3 is 0 Å². The zero-order chi connectivity index (χ0) is 15.1. The smallest absolute Gasteiger partial charge is 0.221 e. The van der Waals surface area contributed by atoms with E-state index in [2.05, 4.69) is 34.5 Å². The quantitative estimate of drug-likeness (QED) is 0.759. The summed E-state index contributed by atoms with van der Waals surface area (Å²) >= 11 is 0. The summed E-state index contributed by atoms with van der Waals surface area (Å²) in [5, 5.41) is 6.53. The van der Waals surface area contributed by atoms with Gasteiger partial charge in [-0.1, -0.05) is 13.3 Å². The number of carbonyl (C=O) groups is 1. The maximum absolute atomic E-state index is 11.6. The van der Waals surface area contributed by atoms with Gasteiger partial charge in [0.05, 0.1) is 0 Å². The summed E-state index contributed by atoms with van der Waals surface area (Å²) in [5.41, 5.74) is 2.92. The molecule has 0 aromatic carbocycles. The molecule has 0 saturated carbocycles. The Bertz CT molecular complexity index is 453. The Morgan fingerprint density at radius 2 is 2.19 bits per heavy atom. The lowest BCUT2D eigenvalue weighted by Gasteiger charge is -2.16. The minimum absolute atomic E-state index is 0.141. The van der Waals surface area contributed by atoms with Crippen molar-refractivity contribution >= 4 is 5.91 Å². The van der Waals surface area contributed by atoms with Crippen LogP contribution in [-0.2, 0) is 17.8 Å². The van der Waals surface area contributed by atoms with E-state index in [4.69, 9.17) is 0 Å². The summed E-state index contributed by atoms with van der Waals surface area (Å²) in [5.74, 6) is 0.141. The lowest BCUT2D eigenvalue weighted by atomic mass is 10.0. The SMILES string of the molecule is CCCNC1CCCCc2cn(CCC(=O)NCC)cc21. The second-order valence-corrected chi connectivity index (χ2v) is 5.93. The van der Waals surface area contributed by atoms with E-state index in [-0.39, 0.29) is 5.91 Å². The molecule has 0 saturated heterocycles. The molecule has 0 bridgehead atoms. The van der Waals surface area contributed by atoms with E-state index >= 15 is 0 Å². The van der Waals surface area contributed by atoms with Gasteiger partial charge in [0.15, 0.2) is 0 Å². The molecule has 4 heteroatoms. The van der Waals surface area contributed by atoms with Gasteiger partial charge in [0, 0.05) is 37.9 Å². The van der Waals surface area contributed by atoms with Crippen LogP contribution in [-0.4, -0.2) is 23.6 Å². The van der Waals surface area contributed by atoms with Gasteiger partial charge in [0.2, 0.25) is 5.91 Å². The van der Waals surface area contributed by atoms with E-state index in [1.54, 1.807) is 0 Å². The summed E-state index contributed by atoms with van der Waals surface area (Å²) in [6, 6.07) is 0.494. The third-order valence-corrected chi connectivity index (χ3v) is 4.17. The third kappa shape index (κ3) is 4.60. The van der Waals surface area contributed by atoms with E-state index in [9.17, 15) is 4.79 Å². The Balaban J connectivity index is 2.01. The number of amides is 1. The van der Waals surface area contributed by atoms with Crippen molar-refractivity contribution in [3.8, 4) is 0 Å². The zero-order valence-electron chi connectivity index (χ0n) is 13.5. The number of nitrogens with zero attached hydrogens (tertiary/aromatic N) is 1. The van der Waals surface area contributed by atoms with Crippen molar-refractivity contribution in [3.63, 3.8) is 0 Å². The van der Waals surface area contributed by atoms with Crippen molar-refractivity contribution in [2.45, 2.75) is 65.0 Å². The minimum Gasteiger partial charge on any atom is -0.356 e. The molecule has 0 fully saturated rings. The molecule has 118 valence electrons. The molecule has 1 aromatic heterocycles. The number of aromatic nitrogens is 1. The molecule has 0 radical (unpaired) electrons. The normalized spacial score (nSPS) is 18.1. The van der Waals surface area contributed by atoms with Gasteiger partial charge in [-0.3, -0.25) is 4.79 Å². The van der Waals surface area contributed by atoms with Crippen molar-refractivity contribution in [2.24, 2.45) is 0 Å². The van der Waals surface area contributed by atoms with Crippen LogP contribution in [0.3, 0.4) is 0 Å². The first-order valence-electron chi connectivity index (χ1n) is 8.43. The third-order valence-electron chi connectivity index (χ3n) is 4.17. The van der Waals surface area contributed by atoms with Crippen LogP contribution >= 0.6 is 0 Å². The van der Waals surface area contributed by atoms with Crippen LogP contribution in [0.25, 0.3) is 0 Å². The highest BCUT2D eigenvalue weighted by Crippen LogP contribution is 2.29. The number of hydrogen-bond donors (Lipinski definition) is 2. The van der Waals surface area contributed by atoms with Gasteiger partial charge in [-0.15, -0.1) is 0 Å². The van der Waals surface area contributed by atoms with Gasteiger partial charge in [0.1, 0.15) is 0 Å². The summed E-state index contributed by atoms with van der Waals surface area (Å²) < 4.78 is 2.20. The molecule has 1 aliphatic carbocycles. The molecule has 1 aliphatic rings. The van der Waals surface area contributed by atoms with E-state index < -0.39 is 0 Å². The fourth-order valence-electron chi connectivity index (χ4n) is 3.09. The number of fused-ring (bicyclic) bond motifs is 1. The average Bonchev–Trinajstić information content (AvgIpc) is 2.79. The molecule has 0 spiro atoms. The largest absolute Gasteiger partial charge is 0.356 e. The van der Waals surface area contributed by atoms with E-state index in [0.717, 1.165) is 13.1 Å². The molecule has 1 aromatic rings. The van der Waals surface area contributed by atoms with Gasteiger partial charge in [0.25, 0.3) is 0 Å². The van der Waals surface area contributed by atoms with Crippen molar-refractivity contribution in [1.82, 2.24) is 15.2 Å². The van der Waals surface area contributed by atoms with Crippen LogP contribution in [0.15, 0.2) is 12.4 Å². The van der Waals surface area contributed by atoms with Gasteiger partial charge < -0.3 is 15.2 Å². The standard InChI is InChI=1S/C17H29N3O/c1-3-10-19-16-8-6-5-7-14-12-20(13-15(14)16)11-9-17(21)18-4-2/h12-13,16,19H,3-11H2,1-2H3,(H,18,21). The van der Waals surface area contributed by atoms with Crippen LogP contribution in [0.5, 0.6) is 0 Å². The molecular formula is C17H29N3O. The molecule has 1 unspecified atom stereocenters. The molecule has 2 rings (SSSR count). The molecule has 0 aliphatic heterocycles. The number of rotatable bonds is 7. The van der Waals surface area contributed by atoms with Crippen LogP contribution < -0.4 is 10.6 Å². The van der Waals surface area contributed by atoms with Crippen LogP contribution in [0.4, 0.5) is 0 Å². The highest BCUT2D eigenvalue weighted by Gasteiger charge is 2.20. The summed E-state index contributed by atoms with van der Waals surface area (Å²) in [4.78, 5) is 11.6. The van der Waals surface area contributed by atoms with E-state index in [1.165, 1.54) is 43.2 Å². The molecule has 21 heavy (non-hydrogen) atoms. The zero-order valence-corrected chi connectivity index (χ0v) is 13.5. The lowest BCUT2D eigenvalue weighted by Crippen LogP contribution is -2.23. The van der Waals surface area contributed by atoms with Gasteiger partial charge in [-0.2, -0.15) is 0 Å². The fraction of sp³-hybridized carbons (Fsp3) is 0.706. The Morgan fingerprint density at radius 1 is 1.33 bits per heavy atom. The summed E-state index contributed by atoms with van der Waals surface area (Å²) in [6.07, 6.45) is 11.2. The van der Waals surface area contributed by atoms with Crippen molar-refractivity contribution < 1.29 is 4.79 Å². The predicted octanol–water partition coefficient (Wildman–Crippen LogP) is 2.78. The predicted molar refractivity (Wildman–Crippen MR) is 86.3 cm³/mol. The summed E-state index contributed by atoms with van der Waals surface area (Å²) in [6.45, 7) is 6.74. The molecule has 1 atom stereocenters. The second kappa shape index (κ2) is 8.23. The minimum atomic E-state index is 0.141. The number of carbonyl (C=O) groups excluding carboxylic acids is 1. The van der Waals surface area contributed by atoms with Crippen LogP contribution in [0.2, 0.25) is 0 Å². The molecule has 1 heterocycles. The Morgan fingerprint density at radius 3 is 2.95 bits per heavy atom. The number of aryl methyl sites for hydroxylation is 2. The lowest BCUT2D eigenvalue weighted by molar-refractivity contribution is -0.121. The Kier molecular flexibility index (Phi) is 6.30. The van der Waals surface area contributed by atoms with Crippen molar-refractivity contribution in [1.29, 1.82) is 0 Å². The maximum atomic E-state index is 11.6. The number of hydrogen-bond acceptors (Lipinski definition) is 2. The topological polar surface area (TPSA) is 46.1 Å². The molecular weight excluding hydrogens is 262 g/mol. The van der Waals surface area contributed by atoms with Crippen molar-refractivity contribution in [2.75, 3.05) is 13.1 Å². The van der Waals surface area contributed by atoms with Crippen molar-refractivity contribution in [3.05, 3.63) is 23.5 Å². The number of nitrogens with one attached hydrogen (secondary N) is 2. The van der Waals surface area contributed by atoms with Gasteiger partial charge in [-0.25, -0.2) is 0 Å². The summed E-state index contributed by atoms with van der Waals surface area (Å²) in [7, 11) is 0. The average molecular weight is 291 g/mol. The van der Waals surface area contributed by atoms with Crippen LogP contribution in [0.1, 0.15) is 63.1 Å². The Hall–Kier alpha value is -1.29. The van der Waals surface area contributed by atoms with E-state index in [1.807, 2.05) is 6.92 Å². The molecule has 2 N–H and O–H groups in total.